The highest BCUT2D eigenvalue weighted by Crippen LogP contribution is 2.22. The molecule has 0 unspecified atom stereocenters. The highest BCUT2D eigenvalue weighted by atomic mass is 19.2. The molecule has 1 aromatic carbocycles. The molecule has 0 bridgehead atoms. The Morgan fingerprint density at radius 1 is 1.12 bits per heavy atom. The van der Waals surface area contributed by atoms with Gasteiger partial charge < -0.3 is 10.4 Å². The number of rotatable bonds is 3. The fourth-order valence-electron chi connectivity index (χ4n) is 2.36. The number of aliphatic hydroxyl groups is 1. The van der Waals surface area contributed by atoms with Crippen molar-refractivity contribution >= 4 is 0 Å². The maximum Gasteiger partial charge on any atom is 0.159 e. The van der Waals surface area contributed by atoms with Crippen LogP contribution < -0.4 is 5.32 Å². The third-order valence-corrected chi connectivity index (χ3v) is 3.38. The highest BCUT2D eigenvalue weighted by molar-refractivity contribution is 5.29. The molecule has 4 heteroatoms. The van der Waals surface area contributed by atoms with Crippen molar-refractivity contribution in [2.45, 2.75) is 25.9 Å². The van der Waals surface area contributed by atoms with Crippen molar-refractivity contribution in [2.24, 2.45) is 5.92 Å². The maximum absolute atomic E-state index is 13.2. The van der Waals surface area contributed by atoms with Crippen LogP contribution in [0, 0.1) is 17.6 Å². The van der Waals surface area contributed by atoms with Crippen LogP contribution in [0.3, 0.4) is 0 Å². The Morgan fingerprint density at radius 2 is 1.71 bits per heavy atom. The standard InChI is InChI=1S/C13H17F2NO/c14-12-6-10(11(8-17)7-13(12)15)5-9-1-3-16-4-2-9/h6-7,9,16-17H,1-5,8H2. The number of nitrogens with one attached hydrogen (secondary N) is 1. The Bertz CT molecular complexity index is 389. The lowest BCUT2D eigenvalue weighted by molar-refractivity contribution is 0.277. The topological polar surface area (TPSA) is 32.3 Å². The zero-order valence-corrected chi connectivity index (χ0v) is 9.68. The van der Waals surface area contributed by atoms with E-state index in [2.05, 4.69) is 5.32 Å². The van der Waals surface area contributed by atoms with Crippen molar-refractivity contribution in [1.29, 1.82) is 0 Å². The first kappa shape index (κ1) is 12.5. The normalized spacial score (nSPS) is 17.4. The third kappa shape index (κ3) is 3.01. The molecular weight excluding hydrogens is 224 g/mol. The molecule has 1 fully saturated rings. The van der Waals surface area contributed by atoms with E-state index < -0.39 is 11.6 Å². The van der Waals surface area contributed by atoms with E-state index in [-0.39, 0.29) is 6.61 Å². The molecule has 0 amide bonds. The quantitative estimate of drug-likeness (QED) is 0.848. The van der Waals surface area contributed by atoms with Gasteiger partial charge in [0.05, 0.1) is 6.61 Å². The minimum Gasteiger partial charge on any atom is -0.392 e. The summed E-state index contributed by atoms with van der Waals surface area (Å²) in [4.78, 5) is 0. The summed E-state index contributed by atoms with van der Waals surface area (Å²) in [5.74, 6) is -1.22. The number of hydrogen-bond donors (Lipinski definition) is 2. The van der Waals surface area contributed by atoms with Gasteiger partial charge in [0, 0.05) is 0 Å². The molecule has 0 spiro atoms. The van der Waals surface area contributed by atoms with Gasteiger partial charge in [-0.25, -0.2) is 8.78 Å². The van der Waals surface area contributed by atoms with Crippen molar-refractivity contribution in [3.05, 3.63) is 34.9 Å². The first-order valence-corrected chi connectivity index (χ1v) is 5.99. The number of benzene rings is 1. The van der Waals surface area contributed by atoms with Gasteiger partial charge in [0.2, 0.25) is 0 Å². The van der Waals surface area contributed by atoms with Gasteiger partial charge in [0.15, 0.2) is 11.6 Å². The number of aliphatic hydroxyl groups excluding tert-OH is 1. The average Bonchev–Trinajstić information content (AvgIpc) is 2.35. The van der Waals surface area contributed by atoms with Crippen molar-refractivity contribution < 1.29 is 13.9 Å². The monoisotopic (exact) mass is 241 g/mol. The lowest BCUT2D eigenvalue weighted by atomic mass is 9.89. The summed E-state index contributed by atoms with van der Waals surface area (Å²) in [5, 5.41) is 12.4. The summed E-state index contributed by atoms with van der Waals surface area (Å²) in [7, 11) is 0. The molecule has 0 aromatic heterocycles. The summed E-state index contributed by atoms with van der Waals surface area (Å²) in [6.45, 7) is 1.71. The second kappa shape index (κ2) is 5.56. The van der Waals surface area contributed by atoms with Gasteiger partial charge in [-0.05, 0) is 61.5 Å². The molecule has 0 aliphatic carbocycles. The Kier molecular flexibility index (Phi) is 4.07. The molecule has 2 rings (SSSR count). The van der Waals surface area contributed by atoms with Crippen molar-refractivity contribution in [1.82, 2.24) is 5.32 Å². The molecule has 0 saturated carbocycles. The fraction of sp³-hybridized carbons (Fsp3) is 0.538. The van der Waals surface area contributed by atoms with Crippen molar-refractivity contribution in [3.63, 3.8) is 0 Å². The van der Waals surface area contributed by atoms with Gasteiger partial charge >= 0.3 is 0 Å². The predicted octanol–water partition coefficient (Wildman–Crippen LogP) is 2.00. The van der Waals surface area contributed by atoms with Gasteiger partial charge in [0.1, 0.15) is 0 Å². The molecule has 0 atom stereocenters. The Labute approximate surface area is 99.7 Å². The molecule has 1 aromatic rings. The van der Waals surface area contributed by atoms with E-state index in [4.69, 9.17) is 5.11 Å². The second-order valence-electron chi connectivity index (χ2n) is 4.59. The second-order valence-corrected chi connectivity index (χ2v) is 4.59. The van der Waals surface area contributed by atoms with Gasteiger partial charge in [-0.15, -0.1) is 0 Å². The van der Waals surface area contributed by atoms with E-state index in [9.17, 15) is 8.78 Å². The first-order chi connectivity index (χ1) is 8.20. The minimum atomic E-state index is -0.886. The summed E-state index contributed by atoms with van der Waals surface area (Å²) >= 11 is 0. The summed E-state index contributed by atoms with van der Waals surface area (Å²) in [5.41, 5.74) is 1.24. The van der Waals surface area contributed by atoms with Crippen LogP contribution in [0.25, 0.3) is 0 Å². The number of halogens is 2. The van der Waals surface area contributed by atoms with E-state index in [1.807, 2.05) is 0 Å². The molecule has 94 valence electrons. The molecule has 1 heterocycles. The van der Waals surface area contributed by atoms with E-state index in [0.29, 0.717) is 11.5 Å². The van der Waals surface area contributed by atoms with Crippen molar-refractivity contribution in [2.75, 3.05) is 13.1 Å². The van der Waals surface area contributed by atoms with Crippen LogP contribution in [0.1, 0.15) is 24.0 Å². The SMILES string of the molecule is OCc1cc(F)c(F)cc1CC1CCNCC1. The maximum atomic E-state index is 13.2. The van der Waals surface area contributed by atoms with Crippen LogP contribution in [0.15, 0.2) is 12.1 Å². The van der Waals surface area contributed by atoms with Crippen LogP contribution in [-0.2, 0) is 13.0 Å². The minimum absolute atomic E-state index is 0.239. The van der Waals surface area contributed by atoms with Crippen LogP contribution in [0.4, 0.5) is 8.78 Å². The Hall–Kier alpha value is -1.00. The molecule has 0 radical (unpaired) electrons. The molecule has 1 saturated heterocycles. The summed E-state index contributed by atoms with van der Waals surface area (Å²) in [6, 6.07) is 2.33. The lowest BCUT2D eigenvalue weighted by Crippen LogP contribution is -2.28. The van der Waals surface area contributed by atoms with Crippen LogP contribution in [0.5, 0.6) is 0 Å². The average molecular weight is 241 g/mol. The van der Waals surface area contributed by atoms with E-state index >= 15 is 0 Å². The van der Waals surface area contributed by atoms with Gasteiger partial charge in [0.25, 0.3) is 0 Å². The van der Waals surface area contributed by atoms with Gasteiger partial charge in [-0.2, -0.15) is 0 Å². The Balaban J connectivity index is 2.15. The Morgan fingerprint density at radius 3 is 2.29 bits per heavy atom. The van der Waals surface area contributed by atoms with Crippen LogP contribution in [-0.4, -0.2) is 18.2 Å². The largest absolute Gasteiger partial charge is 0.392 e. The zero-order chi connectivity index (χ0) is 12.3. The van der Waals surface area contributed by atoms with Gasteiger partial charge in [-0.3, -0.25) is 0 Å². The molecule has 17 heavy (non-hydrogen) atoms. The molecule has 1 aliphatic heterocycles. The lowest BCUT2D eigenvalue weighted by Gasteiger charge is -2.23. The van der Waals surface area contributed by atoms with E-state index in [1.54, 1.807) is 0 Å². The van der Waals surface area contributed by atoms with Crippen LogP contribution in [0.2, 0.25) is 0 Å². The highest BCUT2D eigenvalue weighted by Gasteiger charge is 2.17. The first-order valence-electron chi connectivity index (χ1n) is 5.99. The zero-order valence-electron chi connectivity index (χ0n) is 9.68. The van der Waals surface area contributed by atoms with Gasteiger partial charge in [-0.1, -0.05) is 0 Å². The molecule has 2 nitrogen and oxygen atoms in total. The number of hydrogen-bond acceptors (Lipinski definition) is 2. The van der Waals surface area contributed by atoms with E-state index in [1.165, 1.54) is 6.07 Å². The van der Waals surface area contributed by atoms with Crippen LogP contribution >= 0.6 is 0 Å². The third-order valence-electron chi connectivity index (χ3n) is 3.38. The number of piperidine rings is 1. The van der Waals surface area contributed by atoms with Crippen molar-refractivity contribution in [3.8, 4) is 0 Å². The molecular formula is C13H17F2NO. The fourth-order valence-corrected chi connectivity index (χ4v) is 2.36. The summed E-state index contributed by atoms with van der Waals surface area (Å²) < 4.78 is 26.2. The molecule has 1 aliphatic rings. The van der Waals surface area contributed by atoms with E-state index in [0.717, 1.165) is 44.0 Å². The smallest absolute Gasteiger partial charge is 0.159 e. The summed E-state index contributed by atoms with van der Waals surface area (Å²) in [6.07, 6.45) is 2.81. The molecule has 2 N–H and O–H groups in total. The predicted molar refractivity (Wildman–Crippen MR) is 61.6 cm³/mol.